The van der Waals surface area contributed by atoms with Crippen molar-refractivity contribution in [3.63, 3.8) is 0 Å². The van der Waals surface area contributed by atoms with Gasteiger partial charge in [0.2, 0.25) is 0 Å². The van der Waals surface area contributed by atoms with Gasteiger partial charge in [0.25, 0.3) is 5.91 Å². The van der Waals surface area contributed by atoms with Gasteiger partial charge in [-0.15, -0.1) is 0 Å². The molecule has 2 heterocycles. The van der Waals surface area contributed by atoms with Crippen molar-refractivity contribution < 1.29 is 4.79 Å². The van der Waals surface area contributed by atoms with Crippen LogP contribution in [0.4, 0.5) is 5.82 Å². The molecule has 4 aromatic rings. The minimum absolute atomic E-state index is 0.316. The summed E-state index contributed by atoms with van der Waals surface area (Å²) in [7, 11) is 0. The van der Waals surface area contributed by atoms with E-state index in [0.717, 1.165) is 27.7 Å². The molecule has 0 spiro atoms. The molecule has 0 atom stereocenters. The van der Waals surface area contributed by atoms with E-state index in [1.165, 1.54) is 6.20 Å². The molecule has 4 rings (SSSR count). The Morgan fingerprint density at radius 2 is 1.91 bits per heavy atom. The molecule has 0 aliphatic carbocycles. The third-order valence-electron chi connectivity index (χ3n) is 5.31. The van der Waals surface area contributed by atoms with Crippen molar-refractivity contribution in [3.8, 4) is 22.5 Å². The molecule has 35 heavy (non-hydrogen) atoms. The number of aromatic nitrogens is 3. The number of pyridine rings is 1. The molecule has 0 aliphatic heterocycles. The first kappa shape index (κ1) is 23.5. The Kier molecular flexibility index (Phi) is 7.34. The molecule has 0 aliphatic rings. The molecule has 174 valence electrons. The Morgan fingerprint density at radius 3 is 2.66 bits per heavy atom. The van der Waals surface area contributed by atoms with Crippen LogP contribution in [0.2, 0.25) is 0 Å². The number of anilines is 1. The van der Waals surface area contributed by atoms with Gasteiger partial charge in [-0.3, -0.25) is 20.2 Å². The van der Waals surface area contributed by atoms with Crippen molar-refractivity contribution >= 4 is 28.8 Å². The molecule has 0 bridgehead atoms. The van der Waals surface area contributed by atoms with Crippen molar-refractivity contribution in [3.05, 3.63) is 97.0 Å². The first-order chi connectivity index (χ1) is 17.1. The minimum Gasteiger partial charge on any atom is -0.364 e. The van der Waals surface area contributed by atoms with Crippen molar-refractivity contribution in [1.82, 2.24) is 20.4 Å². The first-order valence-electron chi connectivity index (χ1n) is 11.0. The zero-order valence-electron chi connectivity index (χ0n) is 19.3. The van der Waals surface area contributed by atoms with Crippen LogP contribution in [0.15, 0.2) is 96.4 Å². The maximum Gasteiger partial charge on any atom is 0.266 e. The third-order valence-corrected chi connectivity index (χ3v) is 5.31. The summed E-state index contributed by atoms with van der Waals surface area (Å²) in [5.74, 6) is 5.92. The number of carbonyl (C=O) groups is 1. The van der Waals surface area contributed by atoms with Gasteiger partial charge in [0, 0.05) is 24.2 Å². The third kappa shape index (κ3) is 5.29. The smallest absolute Gasteiger partial charge is 0.266 e. The van der Waals surface area contributed by atoms with Crippen molar-refractivity contribution in [2.75, 3.05) is 11.9 Å². The van der Waals surface area contributed by atoms with Crippen LogP contribution in [0.3, 0.4) is 0 Å². The summed E-state index contributed by atoms with van der Waals surface area (Å²) in [4.78, 5) is 30.2. The molecule has 0 fully saturated rings. The number of amides is 1. The van der Waals surface area contributed by atoms with E-state index in [1.807, 2.05) is 49.4 Å². The van der Waals surface area contributed by atoms with E-state index in [9.17, 15) is 4.79 Å². The monoisotopic (exact) mass is 463 g/mol. The fourth-order valence-electron chi connectivity index (χ4n) is 3.61. The lowest BCUT2D eigenvalue weighted by atomic mass is 10.0. The average molecular weight is 464 g/mol. The number of carbonyl (C=O) groups excluding carboxylic acids is 1. The van der Waals surface area contributed by atoms with Gasteiger partial charge >= 0.3 is 0 Å². The largest absolute Gasteiger partial charge is 0.364 e. The molecule has 2 aromatic carbocycles. The van der Waals surface area contributed by atoms with E-state index in [4.69, 9.17) is 15.8 Å². The number of hydrogen-bond acceptors (Lipinski definition) is 7. The number of hydrazine groups is 1. The number of nitrogens with two attached hydrogens (primary N) is 1. The Balaban J connectivity index is 1.88. The number of rotatable bonds is 8. The molecular formula is C27H25N7O. The van der Waals surface area contributed by atoms with E-state index in [-0.39, 0.29) is 0 Å². The van der Waals surface area contributed by atoms with Crippen LogP contribution in [0.25, 0.3) is 33.4 Å². The fourth-order valence-corrected chi connectivity index (χ4v) is 3.61. The van der Waals surface area contributed by atoms with Crippen LogP contribution < -0.4 is 16.6 Å². The van der Waals surface area contributed by atoms with E-state index in [0.29, 0.717) is 29.3 Å². The van der Waals surface area contributed by atoms with E-state index in [1.54, 1.807) is 24.6 Å². The van der Waals surface area contributed by atoms with E-state index < -0.39 is 5.91 Å². The number of benzene rings is 2. The summed E-state index contributed by atoms with van der Waals surface area (Å²) in [6.45, 7) is 6.06. The van der Waals surface area contributed by atoms with Gasteiger partial charge in [-0.25, -0.2) is 15.8 Å². The SMILES string of the molecule is C=C/C=N\C(=C/C)CNc1nc(-c2cncc(C(=O)NN)c2)nc2cccc(-c3ccccc3)c12. The summed E-state index contributed by atoms with van der Waals surface area (Å²) >= 11 is 0. The zero-order valence-corrected chi connectivity index (χ0v) is 19.3. The predicted octanol–water partition coefficient (Wildman–Crippen LogP) is 4.53. The first-order valence-corrected chi connectivity index (χ1v) is 11.0. The lowest BCUT2D eigenvalue weighted by Gasteiger charge is -2.15. The quantitative estimate of drug-likeness (QED) is 0.153. The highest BCUT2D eigenvalue weighted by Crippen LogP contribution is 2.34. The van der Waals surface area contributed by atoms with Gasteiger partial charge in [0.15, 0.2) is 5.82 Å². The second-order valence-electron chi connectivity index (χ2n) is 7.54. The molecule has 0 unspecified atom stereocenters. The van der Waals surface area contributed by atoms with E-state index in [2.05, 4.69) is 39.4 Å². The summed E-state index contributed by atoms with van der Waals surface area (Å²) in [5.41, 5.74) is 6.68. The van der Waals surface area contributed by atoms with Gasteiger partial charge in [-0.2, -0.15) is 0 Å². The standard InChI is InChI=1S/C27H25N7O/c1-3-13-30-21(4-2)17-31-26-24-22(18-9-6-5-7-10-18)11-8-12-23(24)32-25(33-26)19-14-20(16-29-15-19)27(35)34-28/h3-16H,1,17,28H2,2H3,(H,34,35)(H,31,32,33)/b21-4-,30-13-. The summed E-state index contributed by atoms with van der Waals surface area (Å²) in [6.07, 6.45) is 8.26. The molecule has 8 nitrogen and oxygen atoms in total. The van der Waals surface area contributed by atoms with Crippen molar-refractivity contribution in [2.45, 2.75) is 6.92 Å². The minimum atomic E-state index is -0.442. The number of nitrogens with one attached hydrogen (secondary N) is 2. The van der Waals surface area contributed by atoms with Gasteiger partial charge in [0.05, 0.1) is 28.7 Å². The zero-order chi connectivity index (χ0) is 24.6. The van der Waals surface area contributed by atoms with Gasteiger partial charge in [-0.05, 0) is 30.2 Å². The maximum absolute atomic E-state index is 12.0. The average Bonchev–Trinajstić information content (AvgIpc) is 2.92. The molecule has 0 radical (unpaired) electrons. The summed E-state index contributed by atoms with van der Waals surface area (Å²) < 4.78 is 0. The van der Waals surface area contributed by atoms with Gasteiger partial charge in [-0.1, -0.05) is 61.2 Å². The molecule has 8 heteroatoms. The Morgan fingerprint density at radius 1 is 1.09 bits per heavy atom. The Labute approximate surface area is 203 Å². The molecule has 0 saturated heterocycles. The lowest BCUT2D eigenvalue weighted by molar-refractivity contribution is 0.0953. The normalized spacial score (nSPS) is 11.5. The molecule has 1 amide bonds. The Bertz CT molecular complexity index is 1430. The second kappa shape index (κ2) is 11.0. The summed E-state index contributed by atoms with van der Waals surface area (Å²) in [6, 6.07) is 17.7. The van der Waals surface area contributed by atoms with Crippen LogP contribution in [0.1, 0.15) is 17.3 Å². The molecular weight excluding hydrogens is 438 g/mol. The topological polar surface area (TPSA) is 118 Å². The van der Waals surface area contributed by atoms with Crippen LogP contribution in [0, 0.1) is 0 Å². The summed E-state index contributed by atoms with van der Waals surface area (Å²) in [5, 5.41) is 4.31. The van der Waals surface area contributed by atoms with Gasteiger partial charge < -0.3 is 5.32 Å². The highest BCUT2D eigenvalue weighted by Gasteiger charge is 2.15. The highest BCUT2D eigenvalue weighted by molar-refractivity contribution is 6.02. The number of nitrogens with zero attached hydrogens (tertiary/aromatic N) is 4. The number of aliphatic imine (C=N–C) groups is 1. The van der Waals surface area contributed by atoms with Crippen LogP contribution >= 0.6 is 0 Å². The molecule has 2 aromatic heterocycles. The van der Waals surface area contributed by atoms with Crippen molar-refractivity contribution in [1.29, 1.82) is 0 Å². The second-order valence-corrected chi connectivity index (χ2v) is 7.54. The molecule has 0 saturated carbocycles. The van der Waals surface area contributed by atoms with E-state index >= 15 is 0 Å². The lowest BCUT2D eigenvalue weighted by Crippen LogP contribution is -2.30. The van der Waals surface area contributed by atoms with Gasteiger partial charge in [0.1, 0.15) is 5.82 Å². The number of fused-ring (bicyclic) bond motifs is 1. The van der Waals surface area contributed by atoms with Crippen LogP contribution in [-0.2, 0) is 0 Å². The van der Waals surface area contributed by atoms with Crippen molar-refractivity contribution in [2.24, 2.45) is 10.8 Å². The number of nitrogen functional groups attached to an aromatic ring is 1. The maximum atomic E-state index is 12.0. The number of allylic oxidation sites excluding steroid dienone is 2. The number of hydrogen-bond donors (Lipinski definition) is 3. The van der Waals surface area contributed by atoms with Crippen LogP contribution in [-0.4, -0.2) is 33.6 Å². The fraction of sp³-hybridized carbons (Fsp3) is 0.0741. The molecule has 4 N–H and O–H groups in total. The predicted molar refractivity (Wildman–Crippen MR) is 141 cm³/mol. The van der Waals surface area contributed by atoms with Crippen LogP contribution in [0.5, 0.6) is 0 Å². The highest BCUT2D eigenvalue weighted by atomic mass is 16.2. The Hall–Kier alpha value is -4.69.